The van der Waals surface area contributed by atoms with Gasteiger partial charge in [0.1, 0.15) is 0 Å². The van der Waals surface area contributed by atoms with E-state index >= 15 is 0 Å². The lowest BCUT2D eigenvalue weighted by atomic mass is 10.1. The molecule has 6 heteroatoms. The van der Waals surface area contributed by atoms with Crippen molar-refractivity contribution in [3.05, 3.63) is 65.2 Å². The van der Waals surface area contributed by atoms with Crippen molar-refractivity contribution in [2.75, 3.05) is 16.8 Å². The Hall–Kier alpha value is -1.92. The smallest absolute Gasteiger partial charge is 0.255 e. The third-order valence-electron chi connectivity index (χ3n) is 4.00. The van der Waals surface area contributed by atoms with E-state index in [0.29, 0.717) is 16.7 Å². The van der Waals surface area contributed by atoms with E-state index in [4.69, 9.17) is 0 Å². The molecule has 0 spiro atoms. The molecule has 0 aliphatic carbocycles. The third kappa shape index (κ3) is 5.29. The van der Waals surface area contributed by atoms with Gasteiger partial charge >= 0.3 is 0 Å². The van der Waals surface area contributed by atoms with Gasteiger partial charge in [0, 0.05) is 24.7 Å². The minimum absolute atomic E-state index is 0.0685. The van der Waals surface area contributed by atoms with E-state index in [0.717, 1.165) is 11.3 Å². The molecular weight excluding hydrogens is 364 g/mol. The van der Waals surface area contributed by atoms with E-state index < -0.39 is 0 Å². The van der Waals surface area contributed by atoms with E-state index in [2.05, 4.69) is 22.8 Å². The average molecular weight is 387 g/mol. The van der Waals surface area contributed by atoms with Crippen LogP contribution >= 0.6 is 23.5 Å². The molecule has 0 aromatic heterocycles. The molecule has 0 unspecified atom stereocenters. The zero-order chi connectivity index (χ0) is 18.4. The minimum Gasteiger partial charge on any atom is -0.352 e. The molecule has 0 bridgehead atoms. The second-order valence-corrected chi connectivity index (χ2v) is 8.84. The van der Waals surface area contributed by atoms with Crippen LogP contribution in [-0.2, 0) is 11.3 Å². The van der Waals surface area contributed by atoms with Crippen molar-refractivity contribution >= 4 is 41.0 Å². The van der Waals surface area contributed by atoms with E-state index in [1.807, 2.05) is 47.8 Å². The highest BCUT2D eigenvalue weighted by molar-refractivity contribution is 8.16. The van der Waals surface area contributed by atoms with Crippen molar-refractivity contribution in [1.29, 1.82) is 0 Å². The first-order valence-corrected chi connectivity index (χ1v) is 10.7. The number of hydrogen-bond donors (Lipinski definition) is 2. The van der Waals surface area contributed by atoms with Gasteiger partial charge in [0.15, 0.2) is 0 Å². The molecule has 3 rings (SSSR count). The normalized spacial score (nSPS) is 14.7. The molecule has 0 saturated carbocycles. The van der Waals surface area contributed by atoms with Crippen LogP contribution in [0.2, 0.25) is 0 Å². The van der Waals surface area contributed by atoms with E-state index in [9.17, 15) is 9.59 Å². The topological polar surface area (TPSA) is 58.2 Å². The summed E-state index contributed by atoms with van der Waals surface area (Å²) in [6.45, 7) is 1.95. The Balaban J connectivity index is 1.63. The summed E-state index contributed by atoms with van der Waals surface area (Å²) in [4.78, 5) is 23.4. The summed E-state index contributed by atoms with van der Waals surface area (Å²) < 4.78 is 0.452. The fourth-order valence-electron chi connectivity index (χ4n) is 2.65. The Bertz CT molecular complexity index is 772. The van der Waals surface area contributed by atoms with Gasteiger partial charge in [0.05, 0.1) is 4.58 Å². The first-order chi connectivity index (χ1) is 12.6. The van der Waals surface area contributed by atoms with Gasteiger partial charge in [0.25, 0.3) is 5.91 Å². The third-order valence-corrected chi connectivity index (χ3v) is 7.02. The van der Waals surface area contributed by atoms with E-state index in [1.54, 1.807) is 12.1 Å². The summed E-state index contributed by atoms with van der Waals surface area (Å²) in [6.07, 6.45) is 1.26. The predicted molar refractivity (Wildman–Crippen MR) is 111 cm³/mol. The fourth-order valence-corrected chi connectivity index (χ4v) is 5.52. The Morgan fingerprint density at radius 1 is 1.08 bits per heavy atom. The fraction of sp³-hybridized carbons (Fsp3) is 0.300. The molecule has 2 aromatic rings. The number of anilines is 1. The standard InChI is InChI=1S/C20H22N2O2S2/c1-14(23)21-13-15-6-8-16(9-7-15)19(24)22-18-5-2-4-17(12-18)20-25-10-3-11-26-20/h2,4-9,12,20H,3,10-11,13H2,1H3,(H,21,23)(H,22,24). The van der Waals surface area contributed by atoms with Crippen LogP contribution in [0.15, 0.2) is 48.5 Å². The second kappa shape index (κ2) is 9.14. The molecule has 2 N–H and O–H groups in total. The highest BCUT2D eigenvalue weighted by atomic mass is 32.2. The first-order valence-electron chi connectivity index (χ1n) is 8.60. The predicted octanol–water partition coefficient (Wildman–Crippen LogP) is 4.44. The van der Waals surface area contributed by atoms with Gasteiger partial charge < -0.3 is 10.6 Å². The van der Waals surface area contributed by atoms with Crippen molar-refractivity contribution in [1.82, 2.24) is 5.32 Å². The van der Waals surface area contributed by atoms with Crippen LogP contribution in [0.25, 0.3) is 0 Å². The molecule has 0 radical (unpaired) electrons. The van der Waals surface area contributed by atoms with Gasteiger partial charge in [-0.2, -0.15) is 0 Å². The molecule has 0 atom stereocenters. The first kappa shape index (κ1) is 18.9. The maximum absolute atomic E-state index is 12.5. The van der Waals surface area contributed by atoms with Gasteiger partial charge in [-0.15, -0.1) is 23.5 Å². The van der Waals surface area contributed by atoms with Crippen molar-refractivity contribution in [3.63, 3.8) is 0 Å². The van der Waals surface area contributed by atoms with Crippen LogP contribution in [-0.4, -0.2) is 23.3 Å². The molecule has 1 aliphatic rings. The maximum Gasteiger partial charge on any atom is 0.255 e. The van der Waals surface area contributed by atoms with E-state index in [-0.39, 0.29) is 11.8 Å². The van der Waals surface area contributed by atoms with Gasteiger partial charge in [-0.25, -0.2) is 0 Å². The number of amides is 2. The van der Waals surface area contributed by atoms with E-state index in [1.165, 1.54) is 30.4 Å². The Labute approximate surface area is 162 Å². The summed E-state index contributed by atoms with van der Waals surface area (Å²) in [6, 6.07) is 15.4. The van der Waals surface area contributed by atoms with Crippen molar-refractivity contribution in [2.24, 2.45) is 0 Å². The molecule has 26 heavy (non-hydrogen) atoms. The van der Waals surface area contributed by atoms with Crippen molar-refractivity contribution in [2.45, 2.75) is 24.5 Å². The zero-order valence-electron chi connectivity index (χ0n) is 14.7. The molecule has 1 heterocycles. The van der Waals surface area contributed by atoms with Gasteiger partial charge in [-0.1, -0.05) is 24.3 Å². The van der Waals surface area contributed by atoms with Crippen LogP contribution in [0.3, 0.4) is 0 Å². The highest BCUT2D eigenvalue weighted by Gasteiger charge is 2.17. The number of nitrogens with one attached hydrogen (secondary N) is 2. The number of thioether (sulfide) groups is 2. The molecule has 1 saturated heterocycles. The molecule has 2 amide bonds. The highest BCUT2D eigenvalue weighted by Crippen LogP contribution is 2.44. The monoisotopic (exact) mass is 386 g/mol. The Morgan fingerprint density at radius 2 is 1.81 bits per heavy atom. The summed E-state index contributed by atoms with van der Waals surface area (Å²) in [5, 5.41) is 5.72. The molecule has 1 fully saturated rings. The lowest BCUT2D eigenvalue weighted by Gasteiger charge is -2.21. The van der Waals surface area contributed by atoms with Crippen LogP contribution in [0.5, 0.6) is 0 Å². The number of benzene rings is 2. The minimum atomic E-state index is -0.128. The molecule has 1 aliphatic heterocycles. The quantitative estimate of drug-likeness (QED) is 0.797. The van der Waals surface area contributed by atoms with Crippen LogP contribution < -0.4 is 10.6 Å². The lowest BCUT2D eigenvalue weighted by Crippen LogP contribution is -2.19. The number of carbonyl (C=O) groups excluding carboxylic acids is 2. The zero-order valence-corrected chi connectivity index (χ0v) is 16.3. The molecule has 2 aromatic carbocycles. The van der Waals surface area contributed by atoms with Gasteiger partial charge in [-0.3, -0.25) is 9.59 Å². The molecule has 136 valence electrons. The lowest BCUT2D eigenvalue weighted by molar-refractivity contribution is -0.119. The van der Waals surface area contributed by atoms with Crippen LogP contribution in [0, 0.1) is 0 Å². The SMILES string of the molecule is CC(=O)NCc1ccc(C(=O)Nc2cccc(C3SCCCS3)c2)cc1. The van der Waals surface area contributed by atoms with Crippen LogP contribution in [0.4, 0.5) is 5.69 Å². The number of hydrogen-bond acceptors (Lipinski definition) is 4. The number of carbonyl (C=O) groups is 2. The van der Waals surface area contributed by atoms with Crippen molar-refractivity contribution in [3.8, 4) is 0 Å². The van der Waals surface area contributed by atoms with Crippen LogP contribution in [0.1, 0.15) is 39.4 Å². The Morgan fingerprint density at radius 3 is 2.50 bits per heavy atom. The molecular formula is C20H22N2O2S2. The van der Waals surface area contributed by atoms with Gasteiger partial charge in [-0.05, 0) is 53.3 Å². The summed E-state index contributed by atoms with van der Waals surface area (Å²) in [5.41, 5.74) is 3.64. The summed E-state index contributed by atoms with van der Waals surface area (Å²) in [7, 11) is 0. The molecule has 4 nitrogen and oxygen atoms in total. The summed E-state index contributed by atoms with van der Waals surface area (Å²) in [5.74, 6) is 2.19. The number of rotatable bonds is 5. The second-order valence-electron chi connectivity index (χ2n) is 6.11. The Kier molecular flexibility index (Phi) is 6.63. The van der Waals surface area contributed by atoms with Gasteiger partial charge in [0.2, 0.25) is 5.91 Å². The van der Waals surface area contributed by atoms with Crippen molar-refractivity contribution < 1.29 is 9.59 Å². The summed E-state index contributed by atoms with van der Waals surface area (Å²) >= 11 is 3.94. The average Bonchev–Trinajstić information content (AvgIpc) is 2.67. The maximum atomic E-state index is 12.5. The largest absolute Gasteiger partial charge is 0.352 e.